The Balaban J connectivity index is 2.04. The van der Waals surface area contributed by atoms with Crippen LogP contribution in [0.25, 0.3) is 11.1 Å². The van der Waals surface area contributed by atoms with Gasteiger partial charge in [0.1, 0.15) is 11.3 Å². The van der Waals surface area contributed by atoms with Gasteiger partial charge in [-0.05, 0) is 37.4 Å². The number of oxazole rings is 1. The highest BCUT2D eigenvalue weighted by Crippen LogP contribution is 2.19. The summed E-state index contributed by atoms with van der Waals surface area (Å²) in [5.41, 5.74) is 6.73. The van der Waals surface area contributed by atoms with Crippen LogP contribution >= 0.6 is 0 Å². The first-order valence-electron chi connectivity index (χ1n) is 5.94. The lowest BCUT2D eigenvalue weighted by molar-refractivity contribution is 0.450. The fraction of sp³-hybridized carbons (Fsp3) is 0.462. The van der Waals surface area contributed by atoms with Crippen LogP contribution in [0.4, 0.5) is 4.39 Å². The van der Waals surface area contributed by atoms with Crippen LogP contribution in [0.1, 0.15) is 25.7 Å². The van der Waals surface area contributed by atoms with Crippen LogP contribution in [0, 0.1) is 11.7 Å². The molecule has 1 aromatic heterocycles. The Morgan fingerprint density at radius 3 is 3.00 bits per heavy atom. The molecule has 0 fully saturated rings. The molecular formula is C13H17FN2O. The van der Waals surface area contributed by atoms with E-state index in [0.29, 0.717) is 29.5 Å². The van der Waals surface area contributed by atoms with E-state index in [1.54, 1.807) is 6.07 Å². The average Bonchev–Trinajstić information content (AvgIpc) is 2.68. The summed E-state index contributed by atoms with van der Waals surface area (Å²) in [6.07, 6.45) is 2.78. The maximum absolute atomic E-state index is 13.0. The van der Waals surface area contributed by atoms with Gasteiger partial charge in [0, 0.05) is 12.5 Å². The average molecular weight is 236 g/mol. The third-order valence-electron chi connectivity index (χ3n) is 2.91. The molecule has 0 aliphatic heterocycles. The first kappa shape index (κ1) is 12.0. The molecule has 17 heavy (non-hydrogen) atoms. The third kappa shape index (κ3) is 3.03. The summed E-state index contributed by atoms with van der Waals surface area (Å²) in [4.78, 5) is 4.32. The zero-order valence-electron chi connectivity index (χ0n) is 9.95. The van der Waals surface area contributed by atoms with Gasteiger partial charge in [-0.1, -0.05) is 6.92 Å². The number of hydrogen-bond donors (Lipinski definition) is 1. The Bertz CT molecular complexity index is 495. The van der Waals surface area contributed by atoms with Crippen LogP contribution < -0.4 is 5.73 Å². The summed E-state index contributed by atoms with van der Waals surface area (Å²) in [5.74, 6) is 0.943. The summed E-state index contributed by atoms with van der Waals surface area (Å²) in [7, 11) is 0. The molecule has 1 unspecified atom stereocenters. The molecule has 0 aliphatic carbocycles. The Kier molecular flexibility index (Phi) is 3.74. The van der Waals surface area contributed by atoms with E-state index in [9.17, 15) is 4.39 Å². The lowest BCUT2D eigenvalue weighted by Gasteiger charge is -2.06. The van der Waals surface area contributed by atoms with Crippen molar-refractivity contribution in [2.45, 2.75) is 26.2 Å². The summed E-state index contributed by atoms with van der Waals surface area (Å²) in [5, 5.41) is 0. The fourth-order valence-corrected chi connectivity index (χ4v) is 1.85. The van der Waals surface area contributed by atoms with Crippen LogP contribution in [-0.2, 0) is 6.42 Å². The van der Waals surface area contributed by atoms with Crippen molar-refractivity contribution in [3.05, 3.63) is 29.9 Å². The van der Waals surface area contributed by atoms with Crippen LogP contribution in [-0.4, -0.2) is 11.5 Å². The summed E-state index contributed by atoms with van der Waals surface area (Å²) < 4.78 is 18.5. The van der Waals surface area contributed by atoms with E-state index in [1.165, 1.54) is 12.1 Å². The molecule has 1 atom stereocenters. The second-order valence-electron chi connectivity index (χ2n) is 4.44. The smallest absolute Gasteiger partial charge is 0.195 e. The number of nitrogens with zero attached hydrogens (tertiary/aromatic N) is 1. The van der Waals surface area contributed by atoms with Gasteiger partial charge < -0.3 is 10.2 Å². The number of fused-ring (bicyclic) bond motifs is 1. The summed E-state index contributed by atoms with van der Waals surface area (Å²) in [6.45, 7) is 2.87. The minimum Gasteiger partial charge on any atom is -0.441 e. The van der Waals surface area contributed by atoms with Gasteiger partial charge in [0.15, 0.2) is 11.5 Å². The minimum atomic E-state index is -0.295. The van der Waals surface area contributed by atoms with E-state index in [0.717, 1.165) is 19.3 Å². The predicted molar refractivity (Wildman–Crippen MR) is 65.1 cm³/mol. The zero-order valence-corrected chi connectivity index (χ0v) is 9.95. The second-order valence-corrected chi connectivity index (χ2v) is 4.44. The molecule has 0 spiro atoms. The molecule has 2 N–H and O–H groups in total. The second kappa shape index (κ2) is 5.27. The van der Waals surface area contributed by atoms with E-state index in [1.807, 2.05) is 0 Å². The number of rotatable bonds is 5. The Morgan fingerprint density at radius 1 is 1.41 bits per heavy atom. The Labute approximate surface area is 99.8 Å². The number of aryl methyl sites for hydroxylation is 1. The topological polar surface area (TPSA) is 52.0 Å². The lowest BCUT2D eigenvalue weighted by Crippen LogP contribution is -2.06. The molecule has 2 aromatic rings. The van der Waals surface area contributed by atoms with Gasteiger partial charge in [0.25, 0.3) is 0 Å². The number of aromatic nitrogens is 1. The van der Waals surface area contributed by atoms with Crippen LogP contribution in [0.5, 0.6) is 0 Å². The standard InChI is InChI=1S/C13H17FN2O/c1-9(6-7-15)2-5-13-16-11-4-3-10(14)8-12(11)17-13/h3-4,8-9H,2,5-7,15H2,1H3. The SMILES string of the molecule is CC(CCN)CCc1nc2ccc(F)cc2o1. The van der Waals surface area contributed by atoms with Crippen molar-refractivity contribution in [2.24, 2.45) is 11.7 Å². The van der Waals surface area contributed by atoms with Crippen LogP contribution in [0.3, 0.4) is 0 Å². The number of halogens is 1. The summed E-state index contributed by atoms with van der Waals surface area (Å²) >= 11 is 0. The molecule has 0 radical (unpaired) electrons. The normalized spacial score (nSPS) is 13.1. The van der Waals surface area contributed by atoms with Gasteiger partial charge >= 0.3 is 0 Å². The molecule has 92 valence electrons. The van der Waals surface area contributed by atoms with Crippen molar-refractivity contribution < 1.29 is 8.81 Å². The molecule has 0 bridgehead atoms. The molecule has 1 aromatic carbocycles. The van der Waals surface area contributed by atoms with Gasteiger partial charge in [-0.3, -0.25) is 0 Å². The van der Waals surface area contributed by atoms with Crippen molar-refractivity contribution in [3.63, 3.8) is 0 Å². The highest BCUT2D eigenvalue weighted by Gasteiger charge is 2.08. The van der Waals surface area contributed by atoms with Gasteiger partial charge in [-0.2, -0.15) is 0 Å². The number of nitrogens with two attached hydrogens (primary N) is 1. The first-order valence-corrected chi connectivity index (χ1v) is 5.94. The lowest BCUT2D eigenvalue weighted by atomic mass is 10.0. The quantitative estimate of drug-likeness (QED) is 0.868. The number of hydrogen-bond acceptors (Lipinski definition) is 3. The van der Waals surface area contributed by atoms with Crippen molar-refractivity contribution in [2.75, 3.05) is 6.54 Å². The van der Waals surface area contributed by atoms with Crippen LogP contribution in [0.15, 0.2) is 22.6 Å². The van der Waals surface area contributed by atoms with Crippen molar-refractivity contribution in [1.29, 1.82) is 0 Å². The monoisotopic (exact) mass is 236 g/mol. The van der Waals surface area contributed by atoms with Gasteiger partial charge in [-0.15, -0.1) is 0 Å². The Morgan fingerprint density at radius 2 is 2.24 bits per heavy atom. The minimum absolute atomic E-state index is 0.295. The predicted octanol–water partition coefficient (Wildman–Crippen LogP) is 2.88. The molecule has 0 amide bonds. The van der Waals surface area contributed by atoms with E-state index in [2.05, 4.69) is 11.9 Å². The van der Waals surface area contributed by atoms with Crippen molar-refractivity contribution in [3.8, 4) is 0 Å². The third-order valence-corrected chi connectivity index (χ3v) is 2.91. The molecule has 4 heteroatoms. The van der Waals surface area contributed by atoms with E-state index < -0.39 is 0 Å². The van der Waals surface area contributed by atoms with Gasteiger partial charge in [0.2, 0.25) is 0 Å². The maximum Gasteiger partial charge on any atom is 0.195 e. The fourth-order valence-electron chi connectivity index (χ4n) is 1.85. The van der Waals surface area contributed by atoms with Gasteiger partial charge in [0.05, 0.1) is 0 Å². The van der Waals surface area contributed by atoms with E-state index in [-0.39, 0.29) is 5.82 Å². The highest BCUT2D eigenvalue weighted by atomic mass is 19.1. The molecule has 0 saturated carbocycles. The highest BCUT2D eigenvalue weighted by molar-refractivity contribution is 5.72. The van der Waals surface area contributed by atoms with Crippen molar-refractivity contribution >= 4 is 11.1 Å². The molecule has 3 nitrogen and oxygen atoms in total. The largest absolute Gasteiger partial charge is 0.441 e. The molecule has 0 saturated heterocycles. The molecular weight excluding hydrogens is 219 g/mol. The molecule has 2 rings (SSSR count). The van der Waals surface area contributed by atoms with Crippen molar-refractivity contribution in [1.82, 2.24) is 4.98 Å². The van der Waals surface area contributed by atoms with Crippen LogP contribution in [0.2, 0.25) is 0 Å². The maximum atomic E-state index is 13.0. The van der Waals surface area contributed by atoms with Gasteiger partial charge in [-0.25, -0.2) is 9.37 Å². The van der Waals surface area contributed by atoms with E-state index in [4.69, 9.17) is 10.2 Å². The zero-order chi connectivity index (χ0) is 12.3. The Hall–Kier alpha value is -1.42. The number of benzene rings is 1. The molecule has 0 aliphatic rings. The van der Waals surface area contributed by atoms with E-state index >= 15 is 0 Å². The molecule has 1 heterocycles. The first-order chi connectivity index (χ1) is 8.19. The summed E-state index contributed by atoms with van der Waals surface area (Å²) in [6, 6.07) is 4.40.